The lowest BCUT2D eigenvalue weighted by atomic mass is 10.3. The molecular formula is C10H15N3O. The first-order valence-electron chi connectivity index (χ1n) is 5.16. The predicted molar refractivity (Wildman–Crippen MR) is 54.1 cm³/mol. The van der Waals surface area contributed by atoms with Crippen LogP contribution in [0.4, 0.5) is 5.82 Å². The Hall–Kier alpha value is -1.32. The maximum atomic E-state index is 11.3. The Bertz CT molecular complexity index is 322. The van der Waals surface area contributed by atoms with Gasteiger partial charge in [0.25, 0.3) is 0 Å². The molecule has 1 aliphatic heterocycles. The van der Waals surface area contributed by atoms with Gasteiger partial charge in [0.1, 0.15) is 0 Å². The van der Waals surface area contributed by atoms with Crippen molar-refractivity contribution in [3.63, 3.8) is 0 Å². The van der Waals surface area contributed by atoms with E-state index in [1.165, 1.54) is 12.1 Å². The molecule has 2 rings (SSSR count). The SMILES string of the molecule is CCCC(=O)Nc1cc2n(n1)CCC2. The molecule has 14 heavy (non-hydrogen) atoms. The molecule has 0 saturated carbocycles. The number of carbonyl (C=O) groups is 1. The number of aromatic nitrogens is 2. The molecule has 76 valence electrons. The first-order chi connectivity index (χ1) is 6.79. The van der Waals surface area contributed by atoms with Crippen LogP contribution in [0.25, 0.3) is 0 Å². The van der Waals surface area contributed by atoms with Crippen molar-refractivity contribution in [2.45, 2.75) is 39.2 Å². The second-order valence-corrected chi connectivity index (χ2v) is 3.65. The minimum atomic E-state index is 0.0595. The van der Waals surface area contributed by atoms with E-state index >= 15 is 0 Å². The van der Waals surface area contributed by atoms with Gasteiger partial charge in [0.05, 0.1) is 0 Å². The zero-order valence-electron chi connectivity index (χ0n) is 8.42. The van der Waals surface area contributed by atoms with Crippen LogP contribution < -0.4 is 5.32 Å². The number of rotatable bonds is 3. The Morgan fingerprint density at radius 2 is 2.57 bits per heavy atom. The summed E-state index contributed by atoms with van der Waals surface area (Å²) in [5.41, 5.74) is 1.23. The van der Waals surface area contributed by atoms with E-state index in [1.54, 1.807) is 0 Å². The highest BCUT2D eigenvalue weighted by Crippen LogP contribution is 2.17. The van der Waals surface area contributed by atoms with Crippen molar-refractivity contribution in [2.75, 3.05) is 5.32 Å². The van der Waals surface area contributed by atoms with Crippen LogP contribution in [0, 0.1) is 0 Å². The molecule has 0 bridgehead atoms. The Morgan fingerprint density at radius 1 is 1.71 bits per heavy atom. The Morgan fingerprint density at radius 3 is 3.29 bits per heavy atom. The number of aryl methyl sites for hydroxylation is 2. The fourth-order valence-electron chi connectivity index (χ4n) is 1.75. The molecule has 0 radical (unpaired) electrons. The van der Waals surface area contributed by atoms with Gasteiger partial charge in [-0.2, -0.15) is 5.10 Å². The molecule has 0 spiro atoms. The minimum absolute atomic E-state index is 0.0595. The molecule has 2 heterocycles. The van der Waals surface area contributed by atoms with Crippen LogP contribution in [0.1, 0.15) is 31.9 Å². The first-order valence-corrected chi connectivity index (χ1v) is 5.16. The Balaban J connectivity index is 2.00. The molecule has 4 heteroatoms. The smallest absolute Gasteiger partial charge is 0.225 e. The van der Waals surface area contributed by atoms with Gasteiger partial charge in [-0.3, -0.25) is 9.48 Å². The number of anilines is 1. The third-order valence-electron chi connectivity index (χ3n) is 2.41. The fraction of sp³-hybridized carbons (Fsp3) is 0.600. The van der Waals surface area contributed by atoms with Gasteiger partial charge in [0.15, 0.2) is 5.82 Å². The molecular weight excluding hydrogens is 178 g/mol. The van der Waals surface area contributed by atoms with Gasteiger partial charge in [0.2, 0.25) is 5.91 Å². The van der Waals surface area contributed by atoms with Crippen molar-refractivity contribution >= 4 is 11.7 Å². The molecule has 0 fully saturated rings. The van der Waals surface area contributed by atoms with Crippen molar-refractivity contribution < 1.29 is 4.79 Å². The van der Waals surface area contributed by atoms with Gasteiger partial charge in [-0.1, -0.05) is 6.92 Å². The lowest BCUT2D eigenvalue weighted by molar-refractivity contribution is -0.116. The number of nitrogens with one attached hydrogen (secondary N) is 1. The van der Waals surface area contributed by atoms with Gasteiger partial charge in [-0.05, 0) is 19.3 Å². The van der Waals surface area contributed by atoms with E-state index in [1.807, 2.05) is 17.7 Å². The van der Waals surface area contributed by atoms with Gasteiger partial charge in [-0.25, -0.2) is 0 Å². The third-order valence-corrected chi connectivity index (χ3v) is 2.41. The monoisotopic (exact) mass is 193 g/mol. The minimum Gasteiger partial charge on any atom is -0.309 e. The lowest BCUT2D eigenvalue weighted by Crippen LogP contribution is -2.11. The molecule has 0 unspecified atom stereocenters. The Labute approximate surface area is 83.3 Å². The van der Waals surface area contributed by atoms with Crippen molar-refractivity contribution in [1.82, 2.24) is 9.78 Å². The molecule has 1 aliphatic rings. The van der Waals surface area contributed by atoms with Crippen LogP contribution in [0.15, 0.2) is 6.07 Å². The summed E-state index contributed by atoms with van der Waals surface area (Å²) in [7, 11) is 0. The van der Waals surface area contributed by atoms with E-state index in [2.05, 4.69) is 10.4 Å². The summed E-state index contributed by atoms with van der Waals surface area (Å²) in [5.74, 6) is 0.766. The van der Waals surface area contributed by atoms with Gasteiger partial charge in [-0.15, -0.1) is 0 Å². The first kappa shape index (κ1) is 9.24. The second-order valence-electron chi connectivity index (χ2n) is 3.65. The summed E-state index contributed by atoms with van der Waals surface area (Å²) >= 11 is 0. The molecule has 1 N–H and O–H groups in total. The van der Waals surface area contributed by atoms with Crippen LogP contribution >= 0.6 is 0 Å². The topological polar surface area (TPSA) is 46.9 Å². The Kier molecular flexibility index (Phi) is 2.52. The summed E-state index contributed by atoms with van der Waals surface area (Å²) in [6, 6.07) is 1.97. The maximum absolute atomic E-state index is 11.3. The van der Waals surface area contributed by atoms with Crippen molar-refractivity contribution in [3.8, 4) is 0 Å². The zero-order valence-corrected chi connectivity index (χ0v) is 8.42. The van der Waals surface area contributed by atoms with E-state index in [9.17, 15) is 4.79 Å². The summed E-state index contributed by atoms with van der Waals surface area (Å²) in [5, 5.41) is 7.10. The predicted octanol–water partition coefficient (Wildman–Crippen LogP) is 1.57. The highest BCUT2D eigenvalue weighted by molar-refractivity contribution is 5.89. The van der Waals surface area contributed by atoms with Crippen LogP contribution in [0.2, 0.25) is 0 Å². The van der Waals surface area contributed by atoms with E-state index in [0.29, 0.717) is 12.2 Å². The molecule has 0 atom stereocenters. The number of amides is 1. The number of hydrogen-bond donors (Lipinski definition) is 1. The van der Waals surface area contributed by atoms with Crippen LogP contribution in [-0.4, -0.2) is 15.7 Å². The molecule has 4 nitrogen and oxygen atoms in total. The standard InChI is InChI=1S/C10H15N3O/c1-2-4-10(14)11-9-7-8-5-3-6-13(8)12-9/h7H,2-6H2,1H3,(H,11,12,14). The number of nitrogens with zero attached hydrogens (tertiary/aromatic N) is 2. The molecule has 0 aromatic carbocycles. The highest BCUT2D eigenvalue weighted by Gasteiger charge is 2.14. The van der Waals surface area contributed by atoms with Gasteiger partial charge in [0, 0.05) is 24.7 Å². The van der Waals surface area contributed by atoms with E-state index in [4.69, 9.17) is 0 Å². The molecule has 1 aromatic heterocycles. The van der Waals surface area contributed by atoms with Crippen molar-refractivity contribution in [3.05, 3.63) is 11.8 Å². The summed E-state index contributed by atoms with van der Waals surface area (Å²) in [6.07, 6.45) is 3.70. The average Bonchev–Trinajstić information content (AvgIpc) is 2.63. The summed E-state index contributed by atoms with van der Waals surface area (Å²) in [4.78, 5) is 11.3. The van der Waals surface area contributed by atoms with Crippen LogP contribution in [0.3, 0.4) is 0 Å². The van der Waals surface area contributed by atoms with E-state index in [0.717, 1.165) is 19.4 Å². The van der Waals surface area contributed by atoms with Crippen LogP contribution in [0.5, 0.6) is 0 Å². The second kappa shape index (κ2) is 3.82. The van der Waals surface area contributed by atoms with Crippen molar-refractivity contribution in [1.29, 1.82) is 0 Å². The summed E-state index contributed by atoms with van der Waals surface area (Å²) < 4.78 is 1.97. The molecule has 0 aliphatic carbocycles. The van der Waals surface area contributed by atoms with E-state index < -0.39 is 0 Å². The van der Waals surface area contributed by atoms with Gasteiger partial charge >= 0.3 is 0 Å². The molecule has 0 saturated heterocycles. The maximum Gasteiger partial charge on any atom is 0.225 e. The van der Waals surface area contributed by atoms with E-state index in [-0.39, 0.29) is 5.91 Å². The number of fused-ring (bicyclic) bond motifs is 1. The largest absolute Gasteiger partial charge is 0.309 e. The normalized spacial score (nSPS) is 14.1. The van der Waals surface area contributed by atoms with Gasteiger partial charge < -0.3 is 5.32 Å². The van der Waals surface area contributed by atoms with Crippen LogP contribution in [-0.2, 0) is 17.8 Å². The third kappa shape index (κ3) is 1.78. The average molecular weight is 193 g/mol. The quantitative estimate of drug-likeness (QED) is 0.792. The molecule has 1 amide bonds. The summed E-state index contributed by atoms with van der Waals surface area (Å²) in [6.45, 7) is 2.98. The fourth-order valence-corrected chi connectivity index (χ4v) is 1.75. The van der Waals surface area contributed by atoms with Crippen molar-refractivity contribution in [2.24, 2.45) is 0 Å². The zero-order chi connectivity index (χ0) is 9.97. The molecule has 1 aromatic rings. The number of carbonyl (C=O) groups excluding carboxylic acids is 1. The number of hydrogen-bond acceptors (Lipinski definition) is 2. The highest BCUT2D eigenvalue weighted by atomic mass is 16.1. The lowest BCUT2D eigenvalue weighted by Gasteiger charge is -1.99.